The van der Waals surface area contributed by atoms with Gasteiger partial charge in [-0.25, -0.2) is 14.7 Å². The quantitative estimate of drug-likeness (QED) is 0.0669. The monoisotopic (exact) mass is 541 g/mol. The smallest absolute Gasteiger partial charge is 0.384 e. The van der Waals surface area contributed by atoms with Gasteiger partial charge in [0, 0.05) is 67.3 Å². The highest BCUT2D eigenvalue weighted by atomic mass is 33.1. The van der Waals surface area contributed by atoms with Crippen LogP contribution in [0, 0.1) is 5.53 Å². The normalized spacial score (nSPS) is 11.2. The summed E-state index contributed by atoms with van der Waals surface area (Å²) in [7, 11) is 7.72. The van der Waals surface area contributed by atoms with Crippen molar-refractivity contribution in [3.63, 3.8) is 0 Å². The fourth-order valence-corrected chi connectivity index (χ4v) is 5.21. The Morgan fingerprint density at radius 1 is 0.757 bits per heavy atom. The Hall–Kier alpha value is -2.93. The first kappa shape index (κ1) is 28.6. The standard InChI is InChI=1S/C25H36N10S2/c1-34-17-18-35(2)25(34)33-32-24-9-5-22(6-10-24)30-14-12-28-16-20-37-36-19-15-27-11-13-29-21-3-7-23(31-26)8-4-21/h3-10,17-18,27-28H,11-16,19-20H2,1-2H3,(H2,26,29)/p+1. The third kappa shape index (κ3) is 10.9. The third-order valence-corrected chi connectivity index (χ3v) is 7.74. The Kier molecular flexibility index (Phi) is 13.0. The van der Waals surface area contributed by atoms with Gasteiger partial charge in [-0.05, 0) is 48.5 Å². The van der Waals surface area contributed by atoms with E-state index < -0.39 is 0 Å². The molecule has 198 valence electrons. The van der Waals surface area contributed by atoms with Gasteiger partial charge in [0.15, 0.2) is 0 Å². The molecule has 0 atom stereocenters. The van der Waals surface area contributed by atoms with Gasteiger partial charge in [0.2, 0.25) is 0 Å². The lowest BCUT2D eigenvalue weighted by Gasteiger charge is -2.08. The van der Waals surface area contributed by atoms with Crippen molar-refractivity contribution in [1.29, 1.82) is 5.53 Å². The van der Waals surface area contributed by atoms with Gasteiger partial charge in [0.1, 0.15) is 5.69 Å². The molecule has 0 aliphatic carbocycles. The fourth-order valence-electron chi connectivity index (χ4n) is 3.31. The molecule has 0 saturated carbocycles. The Labute approximate surface area is 227 Å². The van der Waals surface area contributed by atoms with Crippen molar-refractivity contribution in [2.24, 2.45) is 29.4 Å². The lowest BCUT2D eigenvalue weighted by molar-refractivity contribution is -0.657. The number of nitrogens with zero attached hydrogens (tertiary/aromatic N) is 5. The molecule has 1 heterocycles. The minimum atomic E-state index is 0.671. The maximum atomic E-state index is 6.97. The lowest BCUT2D eigenvalue weighted by atomic mass is 10.3. The van der Waals surface area contributed by atoms with E-state index in [-0.39, 0.29) is 0 Å². The van der Waals surface area contributed by atoms with E-state index in [2.05, 4.69) is 36.6 Å². The van der Waals surface area contributed by atoms with Crippen LogP contribution in [0.5, 0.6) is 0 Å². The number of anilines is 2. The molecular weight excluding hydrogens is 504 g/mol. The lowest BCUT2D eigenvalue weighted by Crippen LogP contribution is -2.25. The SMILES string of the molecule is Cn1cc[n+](C)c1N=Nc1ccc(NCCNCCSSCCNCCNc2ccc(N=N)cc2)cc1. The van der Waals surface area contributed by atoms with Gasteiger partial charge in [0.05, 0.1) is 32.2 Å². The molecule has 0 bridgehead atoms. The molecule has 0 unspecified atom stereocenters. The summed E-state index contributed by atoms with van der Waals surface area (Å²) in [4.78, 5) is 0. The van der Waals surface area contributed by atoms with Crippen molar-refractivity contribution >= 4 is 50.3 Å². The van der Waals surface area contributed by atoms with Crippen LogP contribution in [0.15, 0.2) is 76.3 Å². The van der Waals surface area contributed by atoms with E-state index in [1.54, 1.807) is 0 Å². The molecule has 3 aromatic rings. The molecule has 37 heavy (non-hydrogen) atoms. The minimum absolute atomic E-state index is 0.671. The van der Waals surface area contributed by atoms with Crippen molar-refractivity contribution in [3.05, 3.63) is 60.9 Å². The molecule has 0 fully saturated rings. The first-order chi connectivity index (χ1) is 18.2. The summed E-state index contributed by atoms with van der Waals surface area (Å²) in [6.07, 6.45) is 3.91. The number of rotatable bonds is 18. The van der Waals surface area contributed by atoms with Crippen molar-refractivity contribution in [2.45, 2.75) is 0 Å². The van der Waals surface area contributed by atoms with E-state index in [0.29, 0.717) is 5.69 Å². The highest BCUT2D eigenvalue weighted by Crippen LogP contribution is 2.20. The number of nitrogens with one attached hydrogen (secondary N) is 5. The topological polar surface area (TPSA) is 118 Å². The van der Waals surface area contributed by atoms with Crippen molar-refractivity contribution in [1.82, 2.24) is 15.2 Å². The van der Waals surface area contributed by atoms with Crippen LogP contribution in [-0.4, -0.2) is 55.3 Å². The Morgan fingerprint density at radius 2 is 1.30 bits per heavy atom. The Morgan fingerprint density at radius 3 is 1.78 bits per heavy atom. The number of aryl methyl sites for hydroxylation is 2. The molecular formula is C25H37N10S2+. The second-order valence-corrected chi connectivity index (χ2v) is 10.9. The highest BCUT2D eigenvalue weighted by molar-refractivity contribution is 8.76. The summed E-state index contributed by atoms with van der Waals surface area (Å²) in [6, 6.07) is 15.6. The molecule has 5 N–H and O–H groups in total. The van der Waals surface area contributed by atoms with Crippen molar-refractivity contribution < 1.29 is 4.57 Å². The van der Waals surface area contributed by atoms with Crippen LogP contribution in [0.2, 0.25) is 0 Å². The molecule has 0 spiro atoms. The summed E-state index contributed by atoms with van der Waals surface area (Å²) >= 11 is 0. The summed E-state index contributed by atoms with van der Waals surface area (Å²) < 4.78 is 3.87. The second-order valence-electron chi connectivity index (χ2n) is 8.22. The van der Waals surface area contributed by atoms with E-state index in [1.807, 2.05) is 106 Å². The molecule has 3 rings (SSSR count). The molecule has 12 heteroatoms. The van der Waals surface area contributed by atoms with Gasteiger partial charge >= 0.3 is 5.95 Å². The summed E-state index contributed by atoms with van der Waals surface area (Å²) in [5.41, 5.74) is 10.6. The predicted molar refractivity (Wildman–Crippen MR) is 156 cm³/mol. The average molecular weight is 542 g/mol. The molecule has 0 radical (unpaired) electrons. The van der Waals surface area contributed by atoms with Crippen LogP contribution >= 0.6 is 21.6 Å². The van der Waals surface area contributed by atoms with Gasteiger partial charge in [-0.3, -0.25) is 0 Å². The number of azo groups is 1. The number of aromatic nitrogens is 2. The number of benzene rings is 2. The highest BCUT2D eigenvalue weighted by Gasteiger charge is 2.10. The molecule has 0 aliphatic heterocycles. The van der Waals surface area contributed by atoms with Crippen LogP contribution in [0.3, 0.4) is 0 Å². The van der Waals surface area contributed by atoms with Gasteiger partial charge in [0.25, 0.3) is 0 Å². The predicted octanol–water partition coefficient (Wildman–Crippen LogP) is 5.01. The number of imidazole rings is 1. The molecule has 1 aromatic heterocycles. The average Bonchev–Trinajstić information content (AvgIpc) is 3.25. The zero-order valence-electron chi connectivity index (χ0n) is 21.5. The summed E-state index contributed by atoms with van der Waals surface area (Å²) in [5, 5.41) is 25.8. The molecule has 0 aliphatic rings. The van der Waals surface area contributed by atoms with E-state index in [0.717, 1.165) is 73.8 Å². The zero-order chi connectivity index (χ0) is 26.1. The maximum Gasteiger partial charge on any atom is 0.421 e. The van der Waals surface area contributed by atoms with E-state index in [9.17, 15) is 0 Å². The third-order valence-electron chi connectivity index (χ3n) is 5.33. The van der Waals surface area contributed by atoms with Gasteiger partial charge in [-0.15, -0.1) is 0 Å². The minimum Gasteiger partial charge on any atom is -0.384 e. The van der Waals surface area contributed by atoms with Gasteiger partial charge in [-0.2, -0.15) is 5.11 Å². The molecule has 2 aromatic carbocycles. The molecule has 0 amide bonds. The van der Waals surface area contributed by atoms with E-state index in [1.165, 1.54) is 0 Å². The summed E-state index contributed by atoms with van der Waals surface area (Å²) in [6.45, 7) is 5.58. The van der Waals surface area contributed by atoms with Crippen LogP contribution in [0.1, 0.15) is 0 Å². The van der Waals surface area contributed by atoms with Crippen LogP contribution in [0.4, 0.5) is 28.7 Å². The van der Waals surface area contributed by atoms with Crippen LogP contribution < -0.4 is 25.8 Å². The second kappa shape index (κ2) is 16.7. The fraction of sp³-hybridized carbons (Fsp3) is 0.400. The van der Waals surface area contributed by atoms with Gasteiger partial charge in [-0.1, -0.05) is 26.7 Å². The van der Waals surface area contributed by atoms with Crippen molar-refractivity contribution in [2.75, 3.05) is 61.4 Å². The zero-order valence-corrected chi connectivity index (χ0v) is 23.1. The summed E-state index contributed by atoms with van der Waals surface area (Å²) in [5.74, 6) is 2.98. The first-order valence-corrected chi connectivity index (χ1v) is 14.8. The number of hydrogen-bond donors (Lipinski definition) is 5. The van der Waals surface area contributed by atoms with E-state index >= 15 is 0 Å². The number of hydrogen-bond acceptors (Lipinski definition) is 10. The van der Waals surface area contributed by atoms with Crippen molar-refractivity contribution in [3.8, 4) is 0 Å². The largest absolute Gasteiger partial charge is 0.421 e. The van der Waals surface area contributed by atoms with Crippen LogP contribution in [0.25, 0.3) is 0 Å². The molecule has 10 nitrogen and oxygen atoms in total. The molecule has 0 saturated heterocycles. The Bertz CT molecular complexity index is 1060. The Balaban J connectivity index is 1.12. The van der Waals surface area contributed by atoms with E-state index in [4.69, 9.17) is 5.53 Å². The van der Waals surface area contributed by atoms with Crippen LogP contribution in [-0.2, 0) is 14.1 Å². The first-order valence-electron chi connectivity index (χ1n) is 12.3. The van der Waals surface area contributed by atoms with Gasteiger partial charge < -0.3 is 21.3 Å². The maximum absolute atomic E-state index is 6.97.